The Morgan fingerprint density at radius 2 is 1.92 bits per heavy atom. The van der Waals surface area contributed by atoms with Gasteiger partial charge in [-0.15, -0.1) is 0 Å². The summed E-state index contributed by atoms with van der Waals surface area (Å²) in [7, 11) is 0. The van der Waals surface area contributed by atoms with Crippen molar-refractivity contribution in [1.29, 1.82) is 0 Å². The van der Waals surface area contributed by atoms with Gasteiger partial charge in [-0.2, -0.15) is 0 Å². The Labute approximate surface area is 162 Å². The van der Waals surface area contributed by atoms with E-state index in [-0.39, 0.29) is 18.4 Å². The van der Waals surface area contributed by atoms with Gasteiger partial charge in [0, 0.05) is 15.7 Å². The summed E-state index contributed by atoms with van der Waals surface area (Å²) in [6, 6.07) is 12.5. The maximum atomic E-state index is 12.3. The smallest absolute Gasteiger partial charge is 0.251 e. The average Bonchev–Trinajstić information content (AvgIpc) is 2.60. The summed E-state index contributed by atoms with van der Waals surface area (Å²) in [5, 5.41) is 5.42. The predicted molar refractivity (Wildman–Crippen MR) is 107 cm³/mol. The number of carbonyl (C=O) groups excluding carboxylic acids is 2. The largest absolute Gasteiger partial charge is 0.493 e. The number of carbonyl (C=O) groups is 2. The number of amides is 2. The second-order valence-corrected chi connectivity index (χ2v) is 7.34. The maximum absolute atomic E-state index is 12.3. The topological polar surface area (TPSA) is 67.4 Å². The normalized spacial score (nSPS) is 10.5. The SMILES string of the molecule is Cc1cc(Br)ccc1NC(=O)CNC(=O)c1cccc(OCC(C)C)c1. The summed E-state index contributed by atoms with van der Waals surface area (Å²) in [6.07, 6.45) is 0. The Morgan fingerprint density at radius 1 is 1.15 bits per heavy atom. The van der Waals surface area contributed by atoms with Gasteiger partial charge >= 0.3 is 0 Å². The van der Waals surface area contributed by atoms with Gasteiger partial charge in [-0.1, -0.05) is 35.8 Å². The minimum absolute atomic E-state index is 0.106. The number of hydrogen-bond acceptors (Lipinski definition) is 3. The Morgan fingerprint density at radius 3 is 2.62 bits per heavy atom. The van der Waals surface area contributed by atoms with Crippen LogP contribution in [0.4, 0.5) is 5.69 Å². The van der Waals surface area contributed by atoms with Gasteiger partial charge in [-0.25, -0.2) is 0 Å². The number of hydrogen-bond donors (Lipinski definition) is 2. The van der Waals surface area contributed by atoms with Gasteiger partial charge < -0.3 is 15.4 Å². The molecule has 0 bridgehead atoms. The van der Waals surface area contributed by atoms with Crippen molar-refractivity contribution in [3.63, 3.8) is 0 Å². The van der Waals surface area contributed by atoms with Crippen LogP contribution in [-0.2, 0) is 4.79 Å². The Balaban J connectivity index is 1.89. The number of rotatable bonds is 7. The first kappa shape index (κ1) is 20.0. The molecule has 2 amide bonds. The first-order chi connectivity index (χ1) is 12.3. The lowest BCUT2D eigenvalue weighted by molar-refractivity contribution is -0.115. The van der Waals surface area contributed by atoms with Crippen molar-refractivity contribution >= 4 is 33.4 Å². The number of benzene rings is 2. The molecular formula is C20H23BrN2O3. The highest BCUT2D eigenvalue weighted by Crippen LogP contribution is 2.20. The minimum Gasteiger partial charge on any atom is -0.493 e. The molecule has 138 valence electrons. The van der Waals surface area contributed by atoms with Crippen molar-refractivity contribution in [2.24, 2.45) is 5.92 Å². The second kappa shape index (κ2) is 9.38. The Kier molecular flexibility index (Phi) is 7.21. The van der Waals surface area contributed by atoms with Crippen molar-refractivity contribution in [3.05, 3.63) is 58.1 Å². The number of halogens is 1. The summed E-state index contributed by atoms with van der Waals surface area (Å²) in [5.74, 6) is 0.443. The molecule has 0 atom stereocenters. The summed E-state index contributed by atoms with van der Waals surface area (Å²) in [4.78, 5) is 24.3. The third kappa shape index (κ3) is 6.19. The van der Waals surface area contributed by atoms with Gasteiger partial charge in [-0.05, 0) is 54.8 Å². The molecule has 26 heavy (non-hydrogen) atoms. The quantitative estimate of drug-likeness (QED) is 0.708. The van der Waals surface area contributed by atoms with Crippen molar-refractivity contribution in [2.75, 3.05) is 18.5 Å². The van der Waals surface area contributed by atoms with Gasteiger partial charge in [0.25, 0.3) is 5.91 Å². The van der Waals surface area contributed by atoms with Crippen LogP contribution in [0.1, 0.15) is 29.8 Å². The summed E-state index contributed by atoms with van der Waals surface area (Å²) in [5.41, 5.74) is 2.12. The van der Waals surface area contributed by atoms with Crippen LogP contribution in [0.25, 0.3) is 0 Å². The lowest BCUT2D eigenvalue weighted by atomic mass is 10.2. The maximum Gasteiger partial charge on any atom is 0.251 e. The van der Waals surface area contributed by atoms with Crippen LogP contribution in [0.15, 0.2) is 46.9 Å². The highest BCUT2D eigenvalue weighted by atomic mass is 79.9. The third-order valence-corrected chi connectivity index (χ3v) is 4.04. The molecule has 2 aromatic rings. The van der Waals surface area contributed by atoms with E-state index >= 15 is 0 Å². The third-order valence-electron chi connectivity index (χ3n) is 3.55. The van der Waals surface area contributed by atoms with Crippen LogP contribution in [-0.4, -0.2) is 25.0 Å². The molecule has 0 spiro atoms. The Hall–Kier alpha value is -2.34. The monoisotopic (exact) mass is 418 g/mol. The van der Waals surface area contributed by atoms with E-state index in [0.717, 1.165) is 15.7 Å². The van der Waals surface area contributed by atoms with Crippen LogP contribution in [0.5, 0.6) is 5.75 Å². The number of anilines is 1. The van der Waals surface area contributed by atoms with Gasteiger partial charge in [-0.3, -0.25) is 9.59 Å². The Bertz CT molecular complexity index is 790. The molecule has 0 aromatic heterocycles. The standard InChI is InChI=1S/C20H23BrN2O3/c1-13(2)12-26-17-6-4-5-15(10-17)20(25)22-11-19(24)23-18-8-7-16(21)9-14(18)3/h4-10,13H,11-12H2,1-3H3,(H,22,25)(H,23,24). The summed E-state index contributed by atoms with van der Waals surface area (Å²) >= 11 is 3.38. The van der Waals surface area contributed by atoms with Crippen LogP contribution in [0, 0.1) is 12.8 Å². The molecule has 0 heterocycles. The predicted octanol–water partition coefficient (Wildman–Crippen LogP) is 4.16. The van der Waals surface area contributed by atoms with Crippen LogP contribution >= 0.6 is 15.9 Å². The zero-order valence-electron chi connectivity index (χ0n) is 15.1. The van der Waals surface area contributed by atoms with E-state index < -0.39 is 0 Å². The fourth-order valence-electron chi connectivity index (χ4n) is 2.21. The van der Waals surface area contributed by atoms with E-state index in [1.54, 1.807) is 18.2 Å². The molecule has 0 unspecified atom stereocenters. The molecule has 0 aliphatic carbocycles. The van der Waals surface area contributed by atoms with E-state index in [1.807, 2.05) is 31.2 Å². The average molecular weight is 419 g/mol. The molecule has 6 heteroatoms. The van der Waals surface area contributed by atoms with E-state index in [1.165, 1.54) is 0 Å². The lowest BCUT2D eigenvalue weighted by Gasteiger charge is -2.11. The first-order valence-corrected chi connectivity index (χ1v) is 9.21. The molecular weight excluding hydrogens is 396 g/mol. The molecule has 0 fully saturated rings. The summed E-state index contributed by atoms with van der Waals surface area (Å²) < 4.78 is 6.57. The molecule has 2 rings (SSSR count). The molecule has 0 saturated carbocycles. The van der Waals surface area contributed by atoms with Crippen LogP contribution in [0.3, 0.4) is 0 Å². The summed E-state index contributed by atoms with van der Waals surface area (Å²) in [6.45, 7) is 6.50. The minimum atomic E-state index is -0.317. The zero-order valence-corrected chi connectivity index (χ0v) is 16.7. The second-order valence-electron chi connectivity index (χ2n) is 6.42. The lowest BCUT2D eigenvalue weighted by Crippen LogP contribution is -2.33. The van der Waals surface area contributed by atoms with Crippen LogP contribution < -0.4 is 15.4 Å². The number of ether oxygens (including phenoxy) is 1. The molecule has 2 aromatic carbocycles. The van der Waals surface area contributed by atoms with E-state index in [9.17, 15) is 9.59 Å². The van der Waals surface area contributed by atoms with Gasteiger partial charge in [0.15, 0.2) is 0 Å². The van der Waals surface area contributed by atoms with Crippen molar-refractivity contribution in [1.82, 2.24) is 5.32 Å². The number of nitrogens with one attached hydrogen (secondary N) is 2. The van der Waals surface area contributed by atoms with Crippen molar-refractivity contribution in [3.8, 4) is 5.75 Å². The van der Waals surface area contributed by atoms with Gasteiger partial charge in [0.05, 0.1) is 13.2 Å². The van der Waals surface area contributed by atoms with Gasteiger partial charge in [0.1, 0.15) is 5.75 Å². The van der Waals surface area contributed by atoms with E-state index in [2.05, 4.69) is 40.4 Å². The molecule has 0 aliphatic rings. The highest BCUT2D eigenvalue weighted by molar-refractivity contribution is 9.10. The fraction of sp³-hybridized carbons (Fsp3) is 0.300. The van der Waals surface area contributed by atoms with E-state index in [4.69, 9.17) is 4.74 Å². The van der Waals surface area contributed by atoms with E-state index in [0.29, 0.717) is 23.8 Å². The fourth-order valence-corrected chi connectivity index (χ4v) is 2.69. The first-order valence-electron chi connectivity index (χ1n) is 8.42. The van der Waals surface area contributed by atoms with Crippen LogP contribution in [0.2, 0.25) is 0 Å². The molecule has 5 nitrogen and oxygen atoms in total. The zero-order chi connectivity index (χ0) is 19.1. The van der Waals surface area contributed by atoms with Crippen molar-refractivity contribution in [2.45, 2.75) is 20.8 Å². The number of aryl methyl sites for hydroxylation is 1. The van der Waals surface area contributed by atoms with Gasteiger partial charge in [0.2, 0.25) is 5.91 Å². The molecule has 2 N–H and O–H groups in total. The van der Waals surface area contributed by atoms with Crippen molar-refractivity contribution < 1.29 is 14.3 Å². The molecule has 0 saturated heterocycles. The highest BCUT2D eigenvalue weighted by Gasteiger charge is 2.10. The molecule has 0 aliphatic heterocycles. The molecule has 0 radical (unpaired) electrons.